The first-order valence-electron chi connectivity index (χ1n) is 11.0. The first-order valence-corrected chi connectivity index (χ1v) is 11.9. The second kappa shape index (κ2) is 11.2. The van der Waals surface area contributed by atoms with E-state index in [1.54, 1.807) is 33.2 Å². The van der Waals surface area contributed by atoms with Crippen LogP contribution in [0.3, 0.4) is 0 Å². The smallest absolute Gasteiger partial charge is 0.408 e. The van der Waals surface area contributed by atoms with Crippen molar-refractivity contribution >= 4 is 28.5 Å². The van der Waals surface area contributed by atoms with E-state index >= 15 is 0 Å². The number of hydrogen-bond donors (Lipinski definition) is 2. The number of carbonyl (C=O) groups excluding carboxylic acids is 2. The zero-order valence-corrected chi connectivity index (χ0v) is 21.0. The van der Waals surface area contributed by atoms with Crippen molar-refractivity contribution in [2.75, 3.05) is 26.0 Å². The molecule has 2 N–H and O–H groups in total. The molecule has 9 heteroatoms. The van der Waals surface area contributed by atoms with Gasteiger partial charge in [0, 0.05) is 23.3 Å². The third-order valence-electron chi connectivity index (χ3n) is 4.78. The summed E-state index contributed by atoms with van der Waals surface area (Å²) in [7, 11) is 3.82. The third-order valence-corrected chi connectivity index (χ3v) is 5.54. The van der Waals surface area contributed by atoms with Crippen molar-refractivity contribution in [3.63, 3.8) is 0 Å². The van der Waals surface area contributed by atoms with Crippen LogP contribution >= 0.6 is 11.3 Å². The lowest BCUT2D eigenvalue weighted by molar-refractivity contribution is -0.118. The van der Waals surface area contributed by atoms with Gasteiger partial charge >= 0.3 is 6.09 Å². The SMILES string of the molecule is CN(C)CCC(NC(=O)OC(C)(C)C)C(=O)Nc1nc(-c2cccc(-c3ccncc3)c2)cs1. The van der Waals surface area contributed by atoms with Gasteiger partial charge in [-0.3, -0.25) is 9.78 Å². The monoisotopic (exact) mass is 481 g/mol. The normalized spacial score (nSPS) is 12.3. The first kappa shape index (κ1) is 25.3. The molecule has 0 aliphatic carbocycles. The van der Waals surface area contributed by atoms with E-state index in [2.05, 4.69) is 26.7 Å². The van der Waals surface area contributed by atoms with Crippen LogP contribution in [0.4, 0.5) is 9.93 Å². The summed E-state index contributed by atoms with van der Waals surface area (Å²) in [5.41, 5.74) is 3.19. The second-order valence-electron chi connectivity index (χ2n) is 9.13. The number of benzene rings is 1. The molecule has 1 atom stereocenters. The molecule has 3 rings (SSSR count). The summed E-state index contributed by atoms with van der Waals surface area (Å²) < 4.78 is 5.32. The van der Waals surface area contributed by atoms with Crippen molar-refractivity contribution in [2.24, 2.45) is 0 Å². The Bertz CT molecular complexity index is 1110. The fourth-order valence-electron chi connectivity index (χ4n) is 3.16. The lowest BCUT2D eigenvalue weighted by atomic mass is 10.0. The van der Waals surface area contributed by atoms with Crippen molar-refractivity contribution in [3.05, 3.63) is 54.2 Å². The molecule has 2 amide bonds. The van der Waals surface area contributed by atoms with Gasteiger partial charge in [-0.1, -0.05) is 18.2 Å². The van der Waals surface area contributed by atoms with Crippen molar-refractivity contribution in [2.45, 2.75) is 38.8 Å². The molecule has 0 aliphatic heterocycles. The molecule has 2 heterocycles. The Morgan fingerprint density at radius 1 is 1.09 bits per heavy atom. The molecule has 2 aromatic heterocycles. The number of rotatable bonds is 8. The fraction of sp³-hybridized carbons (Fsp3) is 0.360. The number of hydrogen-bond acceptors (Lipinski definition) is 7. The minimum atomic E-state index is -0.750. The summed E-state index contributed by atoms with van der Waals surface area (Å²) >= 11 is 1.34. The lowest BCUT2D eigenvalue weighted by Crippen LogP contribution is -2.47. The topological polar surface area (TPSA) is 96.5 Å². The zero-order chi connectivity index (χ0) is 24.7. The second-order valence-corrected chi connectivity index (χ2v) is 9.99. The summed E-state index contributed by atoms with van der Waals surface area (Å²) in [5.74, 6) is -0.334. The number of amides is 2. The Hall–Kier alpha value is -3.30. The Kier molecular flexibility index (Phi) is 8.36. The molecule has 0 spiro atoms. The molecule has 0 aliphatic rings. The maximum absolute atomic E-state index is 13.0. The molecule has 0 saturated carbocycles. The van der Waals surface area contributed by atoms with Crippen LogP contribution in [-0.4, -0.2) is 59.2 Å². The van der Waals surface area contributed by atoms with E-state index in [1.807, 2.05) is 54.7 Å². The number of ether oxygens (including phenoxy) is 1. The number of carbonyl (C=O) groups is 2. The molecular formula is C25H31N5O3S. The van der Waals surface area contributed by atoms with E-state index in [9.17, 15) is 9.59 Å². The van der Waals surface area contributed by atoms with Gasteiger partial charge in [0.2, 0.25) is 5.91 Å². The molecule has 34 heavy (non-hydrogen) atoms. The Morgan fingerprint density at radius 3 is 2.47 bits per heavy atom. The van der Waals surface area contributed by atoms with Gasteiger partial charge in [-0.2, -0.15) is 0 Å². The van der Waals surface area contributed by atoms with Crippen LogP contribution in [0.5, 0.6) is 0 Å². The van der Waals surface area contributed by atoms with Gasteiger partial charge in [0.25, 0.3) is 0 Å². The van der Waals surface area contributed by atoms with Crippen LogP contribution in [-0.2, 0) is 9.53 Å². The highest BCUT2D eigenvalue weighted by atomic mass is 32.1. The van der Waals surface area contributed by atoms with Crippen LogP contribution in [0.25, 0.3) is 22.4 Å². The van der Waals surface area contributed by atoms with Gasteiger partial charge in [-0.25, -0.2) is 9.78 Å². The average molecular weight is 482 g/mol. The van der Waals surface area contributed by atoms with E-state index in [0.717, 1.165) is 22.4 Å². The highest BCUT2D eigenvalue weighted by Gasteiger charge is 2.25. The molecule has 180 valence electrons. The van der Waals surface area contributed by atoms with E-state index in [4.69, 9.17) is 4.74 Å². The van der Waals surface area contributed by atoms with Crippen molar-refractivity contribution in [1.29, 1.82) is 0 Å². The van der Waals surface area contributed by atoms with Crippen LogP contribution in [0.2, 0.25) is 0 Å². The molecule has 8 nitrogen and oxygen atoms in total. The molecule has 1 unspecified atom stereocenters. The van der Waals surface area contributed by atoms with Crippen LogP contribution in [0, 0.1) is 0 Å². The largest absolute Gasteiger partial charge is 0.444 e. The number of nitrogens with one attached hydrogen (secondary N) is 2. The molecule has 1 aromatic carbocycles. The summed E-state index contributed by atoms with van der Waals surface area (Å²) in [6.45, 7) is 5.96. The first-order chi connectivity index (χ1) is 16.1. The summed E-state index contributed by atoms with van der Waals surface area (Å²) in [4.78, 5) is 35.8. The van der Waals surface area contributed by atoms with Gasteiger partial charge in [-0.15, -0.1) is 11.3 Å². The van der Waals surface area contributed by atoms with E-state index in [0.29, 0.717) is 18.1 Å². The number of thiazole rings is 1. The summed E-state index contributed by atoms with van der Waals surface area (Å²) in [6, 6.07) is 11.2. The van der Waals surface area contributed by atoms with Crippen molar-refractivity contribution in [3.8, 4) is 22.4 Å². The Labute approximate surface area is 204 Å². The van der Waals surface area contributed by atoms with Crippen LogP contribution < -0.4 is 10.6 Å². The van der Waals surface area contributed by atoms with Gasteiger partial charge in [-0.05, 0) is 77.2 Å². The number of nitrogens with zero attached hydrogens (tertiary/aromatic N) is 3. The molecule has 3 aromatic rings. The van der Waals surface area contributed by atoms with Crippen molar-refractivity contribution in [1.82, 2.24) is 20.2 Å². The third kappa shape index (κ3) is 7.64. The maximum Gasteiger partial charge on any atom is 0.408 e. The number of pyridine rings is 1. The van der Waals surface area contributed by atoms with Crippen molar-refractivity contribution < 1.29 is 14.3 Å². The maximum atomic E-state index is 13.0. The number of alkyl carbamates (subject to hydrolysis) is 1. The predicted octanol–water partition coefficient (Wildman–Crippen LogP) is 4.66. The zero-order valence-electron chi connectivity index (χ0n) is 20.2. The average Bonchev–Trinajstić information content (AvgIpc) is 3.24. The molecule has 0 radical (unpaired) electrons. The minimum absolute atomic E-state index is 0.334. The molecule has 0 bridgehead atoms. The highest BCUT2D eigenvalue weighted by Crippen LogP contribution is 2.28. The van der Waals surface area contributed by atoms with E-state index in [1.165, 1.54) is 11.3 Å². The molecule has 0 fully saturated rings. The molecule has 0 saturated heterocycles. The van der Waals surface area contributed by atoms with E-state index < -0.39 is 17.7 Å². The minimum Gasteiger partial charge on any atom is -0.444 e. The summed E-state index contributed by atoms with van der Waals surface area (Å²) in [6.07, 6.45) is 3.33. The summed E-state index contributed by atoms with van der Waals surface area (Å²) in [5, 5.41) is 7.89. The molecular weight excluding hydrogens is 450 g/mol. The van der Waals surface area contributed by atoms with E-state index in [-0.39, 0.29) is 5.91 Å². The van der Waals surface area contributed by atoms with Crippen LogP contribution in [0.1, 0.15) is 27.2 Å². The Balaban J connectivity index is 1.71. The number of aromatic nitrogens is 2. The standard InChI is InChI=1S/C25H31N5O3S/c1-25(2,3)33-24(32)28-20(11-14-30(4)5)22(31)29-23-27-21(16-34-23)19-8-6-7-18(15-19)17-9-12-26-13-10-17/h6-10,12-13,15-16,20H,11,14H2,1-5H3,(H,28,32)(H,27,29,31). The quantitative estimate of drug-likeness (QED) is 0.486. The lowest BCUT2D eigenvalue weighted by Gasteiger charge is -2.23. The fourth-order valence-corrected chi connectivity index (χ4v) is 3.89. The van der Waals surface area contributed by atoms with Gasteiger partial charge < -0.3 is 20.3 Å². The highest BCUT2D eigenvalue weighted by molar-refractivity contribution is 7.14. The number of anilines is 1. The van der Waals surface area contributed by atoms with Gasteiger partial charge in [0.1, 0.15) is 11.6 Å². The predicted molar refractivity (Wildman–Crippen MR) is 136 cm³/mol. The van der Waals surface area contributed by atoms with Gasteiger partial charge in [0.15, 0.2) is 5.13 Å². The Morgan fingerprint density at radius 2 is 1.79 bits per heavy atom. The van der Waals surface area contributed by atoms with Gasteiger partial charge in [0.05, 0.1) is 5.69 Å². The van der Waals surface area contributed by atoms with Crippen LogP contribution in [0.15, 0.2) is 54.2 Å².